The number of fused-ring (bicyclic) bond motifs is 1. The third-order valence-corrected chi connectivity index (χ3v) is 6.27. The average Bonchev–Trinajstić information content (AvgIpc) is 3.03. The van der Waals surface area contributed by atoms with Gasteiger partial charge in [0.05, 0.1) is 9.77 Å². The number of thiophene rings is 1. The van der Waals surface area contributed by atoms with E-state index < -0.39 is 10.0 Å². The largest absolute Gasteiger partial charge is 0.350 e. The molecule has 0 spiro atoms. The Labute approximate surface area is 154 Å². The molecule has 3 aromatic rings. The van der Waals surface area contributed by atoms with Crippen LogP contribution in [0.3, 0.4) is 0 Å². The van der Waals surface area contributed by atoms with E-state index in [4.69, 9.17) is 11.6 Å². The van der Waals surface area contributed by atoms with Gasteiger partial charge in [-0.05, 0) is 35.7 Å². The van der Waals surface area contributed by atoms with E-state index in [1.165, 1.54) is 23.5 Å². The minimum absolute atomic E-state index is 0.0888. The van der Waals surface area contributed by atoms with Crippen LogP contribution in [-0.4, -0.2) is 27.4 Å². The van der Waals surface area contributed by atoms with Gasteiger partial charge >= 0.3 is 0 Å². The Balaban J connectivity index is 1.55. The minimum Gasteiger partial charge on any atom is -0.350 e. The molecular formula is C17H15ClN2O3S2. The van der Waals surface area contributed by atoms with E-state index in [0.717, 1.165) is 10.1 Å². The molecule has 0 saturated carbocycles. The van der Waals surface area contributed by atoms with E-state index in [-0.39, 0.29) is 23.9 Å². The third kappa shape index (κ3) is 4.38. The topological polar surface area (TPSA) is 75.3 Å². The van der Waals surface area contributed by atoms with E-state index in [0.29, 0.717) is 9.90 Å². The van der Waals surface area contributed by atoms with Gasteiger partial charge in [-0.3, -0.25) is 4.79 Å². The fourth-order valence-electron chi connectivity index (χ4n) is 2.26. The fraction of sp³-hybridized carbons (Fsp3) is 0.118. The summed E-state index contributed by atoms with van der Waals surface area (Å²) in [4.78, 5) is 12.8. The lowest BCUT2D eigenvalue weighted by Crippen LogP contribution is -2.34. The lowest BCUT2D eigenvalue weighted by molar-refractivity contribution is 0.0958. The van der Waals surface area contributed by atoms with Crippen molar-refractivity contribution in [2.24, 2.45) is 0 Å². The number of hydrogen-bond acceptors (Lipinski definition) is 4. The molecule has 0 saturated heterocycles. The number of nitrogens with one attached hydrogen (secondary N) is 2. The molecule has 1 aromatic heterocycles. The molecule has 1 amide bonds. The molecule has 0 aliphatic heterocycles. The van der Waals surface area contributed by atoms with E-state index in [1.54, 1.807) is 12.1 Å². The Morgan fingerprint density at radius 3 is 2.60 bits per heavy atom. The van der Waals surface area contributed by atoms with Gasteiger partial charge in [0.1, 0.15) is 0 Å². The third-order valence-electron chi connectivity index (χ3n) is 3.46. The second kappa shape index (κ2) is 7.53. The van der Waals surface area contributed by atoms with Crippen LogP contribution in [0, 0.1) is 0 Å². The van der Waals surface area contributed by atoms with Crippen molar-refractivity contribution >= 4 is 49.0 Å². The molecule has 0 atom stereocenters. The summed E-state index contributed by atoms with van der Waals surface area (Å²) in [5, 5.41) is 4.08. The maximum Gasteiger partial charge on any atom is 0.261 e. The van der Waals surface area contributed by atoms with E-state index in [1.807, 2.05) is 30.3 Å². The predicted molar refractivity (Wildman–Crippen MR) is 101 cm³/mol. The van der Waals surface area contributed by atoms with Gasteiger partial charge in [-0.25, -0.2) is 13.1 Å². The first-order chi connectivity index (χ1) is 12.0. The number of hydrogen-bond donors (Lipinski definition) is 2. The fourth-order valence-corrected chi connectivity index (χ4v) is 4.57. The molecule has 2 aromatic carbocycles. The van der Waals surface area contributed by atoms with Gasteiger partial charge in [0.2, 0.25) is 10.0 Å². The summed E-state index contributed by atoms with van der Waals surface area (Å²) in [6, 6.07) is 15.6. The van der Waals surface area contributed by atoms with Crippen LogP contribution in [0.1, 0.15) is 9.67 Å². The molecule has 8 heteroatoms. The normalized spacial score (nSPS) is 11.6. The first kappa shape index (κ1) is 17.9. The van der Waals surface area contributed by atoms with Crippen molar-refractivity contribution in [3.8, 4) is 0 Å². The number of halogens is 1. The van der Waals surface area contributed by atoms with Crippen molar-refractivity contribution in [2.75, 3.05) is 13.1 Å². The average molecular weight is 395 g/mol. The zero-order valence-corrected chi connectivity index (χ0v) is 15.4. The molecule has 1 heterocycles. The van der Waals surface area contributed by atoms with E-state index in [2.05, 4.69) is 10.0 Å². The molecule has 25 heavy (non-hydrogen) atoms. The predicted octanol–water partition coefficient (Wildman–Crippen LogP) is 3.26. The van der Waals surface area contributed by atoms with Gasteiger partial charge in [0.15, 0.2) is 0 Å². The standard InChI is InChI=1S/C17H15ClN2O3S2/c18-13-5-3-6-14(11-13)25(22,23)20-9-8-19-17(21)16-10-12-4-1-2-7-15(12)24-16/h1-7,10-11,20H,8-9H2,(H,19,21). The summed E-state index contributed by atoms with van der Waals surface area (Å²) in [5.41, 5.74) is 0. The molecular weight excluding hydrogens is 380 g/mol. The highest BCUT2D eigenvalue weighted by atomic mass is 35.5. The Morgan fingerprint density at radius 1 is 1.04 bits per heavy atom. The van der Waals surface area contributed by atoms with Gasteiger partial charge < -0.3 is 5.32 Å². The van der Waals surface area contributed by atoms with E-state index >= 15 is 0 Å². The first-order valence-electron chi connectivity index (χ1n) is 7.48. The Kier molecular flexibility index (Phi) is 5.39. The number of benzene rings is 2. The van der Waals surface area contributed by atoms with Gasteiger partial charge in [0, 0.05) is 22.8 Å². The molecule has 2 N–H and O–H groups in total. The Hall–Kier alpha value is -1.93. The number of rotatable bonds is 6. The smallest absolute Gasteiger partial charge is 0.261 e. The molecule has 0 aliphatic rings. The molecule has 130 valence electrons. The summed E-state index contributed by atoms with van der Waals surface area (Å²) in [6.45, 7) is 0.276. The molecule has 0 unspecified atom stereocenters. The summed E-state index contributed by atoms with van der Waals surface area (Å²) < 4.78 is 27.7. The van der Waals surface area contributed by atoms with Crippen LogP contribution < -0.4 is 10.0 Å². The van der Waals surface area contributed by atoms with Crippen LogP contribution in [0.2, 0.25) is 5.02 Å². The van der Waals surface area contributed by atoms with Crippen molar-refractivity contribution in [1.82, 2.24) is 10.0 Å². The van der Waals surface area contributed by atoms with Crippen LogP contribution >= 0.6 is 22.9 Å². The second-order valence-corrected chi connectivity index (χ2v) is 8.55. The van der Waals surface area contributed by atoms with Crippen molar-refractivity contribution < 1.29 is 13.2 Å². The highest BCUT2D eigenvalue weighted by Crippen LogP contribution is 2.24. The number of carbonyl (C=O) groups excluding carboxylic acids is 1. The van der Waals surface area contributed by atoms with Crippen LogP contribution in [0.5, 0.6) is 0 Å². The molecule has 0 radical (unpaired) electrons. The van der Waals surface area contributed by atoms with Gasteiger partial charge in [-0.2, -0.15) is 0 Å². The number of amides is 1. The maximum atomic E-state index is 12.2. The molecule has 5 nitrogen and oxygen atoms in total. The van der Waals surface area contributed by atoms with Gasteiger partial charge in [-0.15, -0.1) is 11.3 Å². The van der Waals surface area contributed by atoms with Gasteiger partial charge in [-0.1, -0.05) is 35.9 Å². The van der Waals surface area contributed by atoms with Crippen molar-refractivity contribution in [3.63, 3.8) is 0 Å². The quantitative estimate of drug-likeness (QED) is 0.630. The molecule has 0 fully saturated rings. The summed E-state index contributed by atoms with van der Waals surface area (Å²) in [7, 11) is -3.65. The lowest BCUT2D eigenvalue weighted by Gasteiger charge is -2.07. The molecule has 3 rings (SSSR count). The summed E-state index contributed by atoms with van der Waals surface area (Å²) in [6.07, 6.45) is 0. The number of sulfonamides is 1. The van der Waals surface area contributed by atoms with Crippen LogP contribution in [-0.2, 0) is 10.0 Å². The highest BCUT2D eigenvalue weighted by molar-refractivity contribution is 7.89. The highest BCUT2D eigenvalue weighted by Gasteiger charge is 2.14. The summed E-state index contributed by atoms with van der Waals surface area (Å²) >= 11 is 7.21. The van der Waals surface area contributed by atoms with Crippen LogP contribution in [0.15, 0.2) is 59.5 Å². The van der Waals surface area contributed by atoms with Crippen molar-refractivity contribution in [1.29, 1.82) is 0 Å². The zero-order chi connectivity index (χ0) is 17.9. The Morgan fingerprint density at radius 2 is 1.84 bits per heavy atom. The monoisotopic (exact) mass is 394 g/mol. The first-order valence-corrected chi connectivity index (χ1v) is 10.2. The zero-order valence-electron chi connectivity index (χ0n) is 13.0. The SMILES string of the molecule is O=C(NCCNS(=O)(=O)c1cccc(Cl)c1)c1cc2ccccc2s1. The van der Waals surface area contributed by atoms with E-state index in [9.17, 15) is 13.2 Å². The van der Waals surface area contributed by atoms with Crippen molar-refractivity contribution in [3.05, 3.63) is 64.5 Å². The minimum atomic E-state index is -3.65. The second-order valence-electron chi connectivity index (χ2n) is 5.26. The summed E-state index contributed by atoms with van der Waals surface area (Å²) in [5.74, 6) is -0.219. The molecule has 0 aliphatic carbocycles. The van der Waals surface area contributed by atoms with Crippen molar-refractivity contribution in [2.45, 2.75) is 4.90 Å². The lowest BCUT2D eigenvalue weighted by atomic mass is 10.2. The van der Waals surface area contributed by atoms with Crippen LogP contribution in [0.4, 0.5) is 0 Å². The molecule has 0 bridgehead atoms. The Bertz CT molecular complexity index is 982. The van der Waals surface area contributed by atoms with Gasteiger partial charge in [0.25, 0.3) is 5.91 Å². The number of carbonyl (C=O) groups is 1. The van der Waals surface area contributed by atoms with Crippen LogP contribution in [0.25, 0.3) is 10.1 Å². The maximum absolute atomic E-state index is 12.2.